The van der Waals surface area contributed by atoms with Gasteiger partial charge >= 0.3 is 0 Å². The fraction of sp³-hybridized carbons (Fsp3) is 0.125. The zero-order chi connectivity index (χ0) is 22.3. The number of benzene rings is 3. The molecule has 1 aromatic heterocycles. The number of sulfone groups is 1. The van der Waals surface area contributed by atoms with Crippen LogP contribution in [0.2, 0.25) is 0 Å². The Bertz CT molecular complexity index is 1380. The molecule has 0 atom stereocenters. The monoisotopic (exact) mass is 572 g/mol. The Morgan fingerprint density at radius 2 is 1.47 bits per heavy atom. The Morgan fingerprint density at radius 1 is 0.844 bits per heavy atom. The molecule has 8 heteroatoms. The zero-order valence-electron chi connectivity index (χ0n) is 16.8. The lowest BCUT2D eigenvalue weighted by atomic mass is 10.0. The number of anilines is 1. The number of oxazole rings is 1. The van der Waals surface area contributed by atoms with Gasteiger partial charge in [-0.1, -0.05) is 56.1 Å². The quantitative estimate of drug-likeness (QED) is 0.288. The number of aromatic nitrogens is 1. The van der Waals surface area contributed by atoms with Gasteiger partial charge in [-0.2, -0.15) is 4.98 Å². The first-order chi connectivity index (χ1) is 15.4. The van der Waals surface area contributed by atoms with Crippen molar-refractivity contribution in [2.75, 3.05) is 11.4 Å². The van der Waals surface area contributed by atoms with Gasteiger partial charge in [-0.3, -0.25) is 0 Å². The van der Waals surface area contributed by atoms with Gasteiger partial charge in [0.1, 0.15) is 0 Å². The summed E-state index contributed by atoms with van der Waals surface area (Å²) in [6.45, 7) is 1.21. The summed E-state index contributed by atoms with van der Waals surface area (Å²) >= 11 is 6.79. The number of hydrogen-bond acceptors (Lipinski definition) is 5. The van der Waals surface area contributed by atoms with E-state index in [1.54, 1.807) is 24.3 Å². The fourth-order valence-corrected chi connectivity index (χ4v) is 5.63. The number of rotatable bonds is 4. The average molecular weight is 574 g/mol. The number of hydrogen-bond donors (Lipinski definition) is 0. The molecule has 2 heterocycles. The summed E-state index contributed by atoms with van der Waals surface area (Å²) in [7, 11) is -3.89. The van der Waals surface area contributed by atoms with E-state index in [0.717, 1.165) is 20.9 Å². The lowest BCUT2D eigenvalue weighted by molar-refractivity contribution is 0.533. The van der Waals surface area contributed by atoms with Crippen molar-refractivity contribution >= 4 is 47.6 Å². The molecule has 5 nitrogen and oxygen atoms in total. The van der Waals surface area contributed by atoms with Crippen LogP contribution >= 0.6 is 31.9 Å². The molecule has 0 saturated carbocycles. The van der Waals surface area contributed by atoms with Gasteiger partial charge < -0.3 is 9.32 Å². The van der Waals surface area contributed by atoms with Gasteiger partial charge in [-0.05, 0) is 66.1 Å². The minimum absolute atomic E-state index is 0.0582. The van der Waals surface area contributed by atoms with Crippen molar-refractivity contribution in [1.29, 1.82) is 0 Å². The lowest BCUT2D eigenvalue weighted by Crippen LogP contribution is -2.31. The summed E-state index contributed by atoms with van der Waals surface area (Å²) in [5.41, 5.74) is 3.14. The van der Waals surface area contributed by atoms with Crippen LogP contribution in [0.4, 0.5) is 5.88 Å². The molecule has 1 aliphatic rings. The molecular weight excluding hydrogens is 556 g/mol. The maximum Gasteiger partial charge on any atom is 0.236 e. The van der Waals surface area contributed by atoms with E-state index in [-0.39, 0.29) is 21.7 Å². The SMILES string of the molecule is O=S(=O)(c1ccc(Br)cc1)c1nc(-c2ccc(Br)cc2)oc1N1CCc2ccccc2C1. The molecule has 5 rings (SSSR count). The first-order valence-corrected chi connectivity index (χ1v) is 13.1. The van der Waals surface area contributed by atoms with Crippen LogP contribution in [0, 0.1) is 0 Å². The summed E-state index contributed by atoms with van der Waals surface area (Å²) in [5, 5.41) is -0.0582. The predicted octanol–water partition coefficient (Wildman–Crippen LogP) is 6.26. The van der Waals surface area contributed by atoms with E-state index in [4.69, 9.17) is 4.42 Å². The molecule has 0 radical (unpaired) electrons. The van der Waals surface area contributed by atoms with Crippen molar-refractivity contribution in [2.24, 2.45) is 0 Å². The molecule has 0 saturated heterocycles. The lowest BCUT2D eigenvalue weighted by Gasteiger charge is -2.28. The van der Waals surface area contributed by atoms with Crippen LogP contribution < -0.4 is 4.90 Å². The van der Waals surface area contributed by atoms with E-state index < -0.39 is 9.84 Å². The molecule has 0 N–H and O–H groups in total. The van der Waals surface area contributed by atoms with Crippen molar-refractivity contribution in [2.45, 2.75) is 22.9 Å². The van der Waals surface area contributed by atoms with Gasteiger partial charge in [0.25, 0.3) is 0 Å². The Balaban J connectivity index is 1.63. The van der Waals surface area contributed by atoms with Crippen molar-refractivity contribution < 1.29 is 12.8 Å². The molecule has 4 aromatic rings. The smallest absolute Gasteiger partial charge is 0.236 e. The largest absolute Gasteiger partial charge is 0.419 e. The first kappa shape index (κ1) is 21.4. The highest BCUT2D eigenvalue weighted by molar-refractivity contribution is 9.10. The molecular formula is C24H18Br2N2O3S. The molecule has 0 spiro atoms. The Morgan fingerprint density at radius 3 is 2.16 bits per heavy atom. The standard InChI is InChI=1S/C24H18Br2N2O3S/c25-19-7-5-17(6-8-19)22-27-23(32(29,30)21-11-9-20(26)10-12-21)24(31-22)28-14-13-16-3-1-2-4-18(16)15-28/h1-12H,13-15H2. The van der Waals surface area contributed by atoms with Crippen LogP contribution in [0.25, 0.3) is 11.5 Å². The Hall–Kier alpha value is -2.42. The molecule has 0 amide bonds. The highest BCUT2D eigenvalue weighted by Crippen LogP contribution is 2.37. The summed E-state index contributed by atoms with van der Waals surface area (Å²) in [5.74, 6) is 0.558. The third-order valence-electron chi connectivity index (χ3n) is 5.47. The molecule has 3 aromatic carbocycles. The fourth-order valence-electron chi connectivity index (χ4n) is 3.78. The summed E-state index contributed by atoms with van der Waals surface area (Å²) < 4.78 is 35.0. The Kier molecular flexibility index (Phi) is 5.69. The van der Waals surface area contributed by atoms with Crippen LogP contribution in [0.5, 0.6) is 0 Å². The average Bonchev–Trinajstić information content (AvgIpc) is 3.26. The zero-order valence-corrected chi connectivity index (χ0v) is 20.8. The molecule has 0 fully saturated rings. The second-order valence-corrected chi connectivity index (χ2v) is 11.2. The van der Waals surface area contributed by atoms with Gasteiger partial charge in [-0.25, -0.2) is 8.42 Å². The molecule has 0 aliphatic carbocycles. The van der Waals surface area contributed by atoms with Crippen LogP contribution in [-0.2, 0) is 22.8 Å². The minimum atomic E-state index is -3.89. The van der Waals surface area contributed by atoms with E-state index in [9.17, 15) is 8.42 Å². The van der Waals surface area contributed by atoms with Crippen LogP contribution in [0.15, 0.2) is 96.1 Å². The second kappa shape index (κ2) is 8.50. The predicted molar refractivity (Wildman–Crippen MR) is 130 cm³/mol. The number of fused-ring (bicyclic) bond motifs is 1. The van der Waals surface area contributed by atoms with Crippen LogP contribution in [0.3, 0.4) is 0 Å². The molecule has 0 bridgehead atoms. The molecule has 0 unspecified atom stereocenters. The molecule has 32 heavy (non-hydrogen) atoms. The van der Waals surface area contributed by atoms with Crippen molar-refractivity contribution in [3.8, 4) is 11.5 Å². The van der Waals surface area contributed by atoms with E-state index in [1.165, 1.54) is 5.56 Å². The van der Waals surface area contributed by atoms with E-state index in [0.29, 0.717) is 18.7 Å². The van der Waals surface area contributed by atoms with E-state index in [1.807, 2.05) is 41.3 Å². The normalized spacial score (nSPS) is 13.8. The van der Waals surface area contributed by atoms with Crippen molar-refractivity contribution in [3.63, 3.8) is 0 Å². The highest BCUT2D eigenvalue weighted by Gasteiger charge is 2.32. The maximum atomic E-state index is 13.6. The van der Waals surface area contributed by atoms with Crippen LogP contribution in [0.1, 0.15) is 11.1 Å². The topological polar surface area (TPSA) is 63.4 Å². The number of nitrogens with zero attached hydrogens (tertiary/aromatic N) is 2. The van der Waals surface area contributed by atoms with Gasteiger partial charge in [0.05, 0.1) is 4.90 Å². The van der Waals surface area contributed by atoms with Crippen molar-refractivity contribution in [3.05, 3.63) is 92.9 Å². The van der Waals surface area contributed by atoms with Crippen LogP contribution in [-0.4, -0.2) is 19.9 Å². The third-order valence-corrected chi connectivity index (χ3v) is 8.19. The third kappa shape index (κ3) is 4.02. The maximum absolute atomic E-state index is 13.6. The summed E-state index contributed by atoms with van der Waals surface area (Å²) in [4.78, 5) is 6.63. The van der Waals surface area contributed by atoms with Crippen molar-refractivity contribution in [1.82, 2.24) is 4.98 Å². The molecule has 162 valence electrons. The van der Waals surface area contributed by atoms with E-state index in [2.05, 4.69) is 49.0 Å². The molecule has 1 aliphatic heterocycles. The highest BCUT2D eigenvalue weighted by atomic mass is 79.9. The van der Waals surface area contributed by atoms with Gasteiger partial charge in [0.2, 0.25) is 26.6 Å². The van der Waals surface area contributed by atoms with Gasteiger partial charge in [-0.15, -0.1) is 0 Å². The van der Waals surface area contributed by atoms with Gasteiger partial charge in [0, 0.05) is 27.6 Å². The first-order valence-electron chi connectivity index (χ1n) is 10.0. The summed E-state index contributed by atoms with van der Waals surface area (Å²) in [6, 6.07) is 22.2. The Labute approximate surface area is 203 Å². The summed E-state index contributed by atoms with van der Waals surface area (Å²) in [6.07, 6.45) is 0.808. The van der Waals surface area contributed by atoms with Gasteiger partial charge in [0.15, 0.2) is 0 Å². The minimum Gasteiger partial charge on any atom is -0.419 e. The second-order valence-electron chi connectivity index (χ2n) is 7.53. The number of halogens is 2. The van der Waals surface area contributed by atoms with E-state index >= 15 is 0 Å².